The summed E-state index contributed by atoms with van der Waals surface area (Å²) in [5.74, 6) is -0.115. The summed E-state index contributed by atoms with van der Waals surface area (Å²) in [5.41, 5.74) is 2.40. The zero-order chi connectivity index (χ0) is 20.6. The lowest BCUT2D eigenvalue weighted by Crippen LogP contribution is -2.27. The van der Waals surface area contributed by atoms with Gasteiger partial charge in [-0.2, -0.15) is 0 Å². The Morgan fingerprint density at radius 2 is 1.62 bits per heavy atom. The summed E-state index contributed by atoms with van der Waals surface area (Å²) in [6.45, 7) is 2.97. The first kappa shape index (κ1) is 20.8. The molecule has 2 heterocycles. The van der Waals surface area contributed by atoms with E-state index in [1.807, 2.05) is 31.4 Å². The Kier molecular flexibility index (Phi) is 7.17. The van der Waals surface area contributed by atoms with Gasteiger partial charge >= 0.3 is 0 Å². The predicted molar refractivity (Wildman–Crippen MR) is 115 cm³/mol. The minimum atomic E-state index is -0.108. The molecule has 0 N–H and O–H groups in total. The van der Waals surface area contributed by atoms with Crippen molar-refractivity contribution < 1.29 is 9.59 Å². The zero-order valence-corrected chi connectivity index (χ0v) is 17.3. The van der Waals surface area contributed by atoms with E-state index in [1.54, 1.807) is 39.8 Å². The monoisotopic (exact) mass is 391 g/mol. The highest BCUT2D eigenvalue weighted by Crippen LogP contribution is 2.14. The molecule has 29 heavy (non-hydrogen) atoms. The number of carbonyl (C=O) groups is 2. The molecule has 0 aliphatic heterocycles. The topological polar surface area (TPSA) is 54.7 Å². The Morgan fingerprint density at radius 3 is 2.38 bits per heavy atom. The van der Waals surface area contributed by atoms with Crippen LogP contribution in [0.25, 0.3) is 5.65 Å². The van der Waals surface area contributed by atoms with Crippen molar-refractivity contribution in [3.05, 3.63) is 71.7 Å². The Labute approximate surface area is 172 Å². The number of ketones is 1. The molecule has 0 bridgehead atoms. The second-order valence-corrected chi connectivity index (χ2v) is 7.47. The molecule has 3 rings (SSSR count). The van der Waals surface area contributed by atoms with Crippen LogP contribution in [0.2, 0.25) is 0 Å². The van der Waals surface area contributed by atoms with Crippen LogP contribution in [0, 0.1) is 0 Å². The van der Waals surface area contributed by atoms with Crippen LogP contribution in [0.5, 0.6) is 0 Å². The minimum Gasteiger partial charge on any atom is -0.342 e. The van der Waals surface area contributed by atoms with Crippen molar-refractivity contribution in [2.45, 2.75) is 45.4 Å². The van der Waals surface area contributed by atoms with Crippen LogP contribution in [-0.2, 0) is 0 Å². The van der Waals surface area contributed by atoms with Crippen molar-refractivity contribution >= 4 is 17.3 Å². The van der Waals surface area contributed by atoms with Gasteiger partial charge in [0.05, 0.1) is 6.20 Å². The lowest BCUT2D eigenvalue weighted by molar-refractivity contribution is 0.0792. The minimum absolute atomic E-state index is 0.00707. The average Bonchev–Trinajstić information content (AvgIpc) is 3.19. The highest BCUT2D eigenvalue weighted by atomic mass is 16.2. The largest absolute Gasteiger partial charge is 0.342 e. The molecule has 0 unspecified atom stereocenters. The molecule has 0 fully saturated rings. The standard InChI is InChI=1S/C24H29N3O2/c1-3-4-5-6-7-9-16-26(2)24(29)20-14-12-19(13-15-20)23(28)21-18-25-22-11-8-10-17-27(21)22/h8,10-15,17-18H,3-7,9,16H2,1-2H3. The first-order valence-electron chi connectivity index (χ1n) is 10.4. The number of unbranched alkanes of at least 4 members (excludes halogenated alkanes) is 5. The molecule has 1 aromatic carbocycles. The van der Waals surface area contributed by atoms with Crippen molar-refractivity contribution in [3.8, 4) is 0 Å². The van der Waals surface area contributed by atoms with Gasteiger partial charge in [0.15, 0.2) is 0 Å². The summed E-state index contributed by atoms with van der Waals surface area (Å²) in [4.78, 5) is 31.5. The number of pyridine rings is 1. The normalized spacial score (nSPS) is 11.0. The number of rotatable bonds is 10. The summed E-state index contributed by atoms with van der Waals surface area (Å²) >= 11 is 0. The van der Waals surface area contributed by atoms with Crippen LogP contribution in [0.4, 0.5) is 0 Å². The van der Waals surface area contributed by atoms with Gasteiger partial charge in [0, 0.05) is 30.9 Å². The lowest BCUT2D eigenvalue weighted by Gasteiger charge is -2.17. The molecule has 3 aromatic rings. The van der Waals surface area contributed by atoms with E-state index in [9.17, 15) is 9.59 Å². The fourth-order valence-corrected chi connectivity index (χ4v) is 3.46. The van der Waals surface area contributed by atoms with Crippen molar-refractivity contribution in [2.24, 2.45) is 0 Å². The number of fused-ring (bicyclic) bond motifs is 1. The van der Waals surface area contributed by atoms with Crippen molar-refractivity contribution in [3.63, 3.8) is 0 Å². The van der Waals surface area contributed by atoms with E-state index in [1.165, 1.54) is 25.7 Å². The highest BCUT2D eigenvalue weighted by Gasteiger charge is 2.16. The molecule has 1 amide bonds. The fraction of sp³-hybridized carbons (Fsp3) is 0.375. The van der Waals surface area contributed by atoms with Crippen molar-refractivity contribution in [1.82, 2.24) is 14.3 Å². The lowest BCUT2D eigenvalue weighted by atomic mass is 10.1. The number of hydrogen-bond donors (Lipinski definition) is 0. The van der Waals surface area contributed by atoms with Crippen LogP contribution >= 0.6 is 0 Å². The highest BCUT2D eigenvalue weighted by molar-refractivity contribution is 6.08. The van der Waals surface area contributed by atoms with Gasteiger partial charge in [-0.3, -0.25) is 14.0 Å². The second kappa shape index (κ2) is 10.0. The van der Waals surface area contributed by atoms with Crippen LogP contribution in [0.3, 0.4) is 0 Å². The molecule has 152 valence electrons. The molecular formula is C24H29N3O2. The van der Waals surface area contributed by atoms with Crippen molar-refractivity contribution in [1.29, 1.82) is 0 Å². The fourth-order valence-electron chi connectivity index (χ4n) is 3.46. The second-order valence-electron chi connectivity index (χ2n) is 7.47. The number of aromatic nitrogens is 2. The molecule has 5 heteroatoms. The van der Waals surface area contributed by atoms with E-state index < -0.39 is 0 Å². The maximum Gasteiger partial charge on any atom is 0.253 e. The number of amides is 1. The molecule has 0 radical (unpaired) electrons. The molecule has 0 aliphatic rings. The average molecular weight is 392 g/mol. The predicted octanol–water partition coefficient (Wildman–Crippen LogP) is 5.00. The van der Waals surface area contributed by atoms with E-state index >= 15 is 0 Å². The third-order valence-corrected chi connectivity index (χ3v) is 5.24. The maximum absolute atomic E-state index is 12.8. The third kappa shape index (κ3) is 5.11. The summed E-state index contributed by atoms with van der Waals surface area (Å²) in [7, 11) is 1.84. The Bertz CT molecular complexity index is 960. The van der Waals surface area contributed by atoms with Crippen molar-refractivity contribution in [2.75, 3.05) is 13.6 Å². The van der Waals surface area contributed by atoms with E-state index in [4.69, 9.17) is 0 Å². The number of imidazole rings is 1. The molecule has 5 nitrogen and oxygen atoms in total. The molecule has 0 aliphatic carbocycles. The van der Waals surface area contributed by atoms with Gasteiger partial charge < -0.3 is 4.90 Å². The van der Waals surface area contributed by atoms with Gasteiger partial charge in [0.25, 0.3) is 5.91 Å². The number of benzene rings is 1. The summed E-state index contributed by atoms with van der Waals surface area (Å²) in [5, 5.41) is 0. The number of carbonyl (C=O) groups excluding carboxylic acids is 2. The number of nitrogens with zero attached hydrogens (tertiary/aromatic N) is 3. The van der Waals surface area contributed by atoms with Crippen LogP contribution in [-0.4, -0.2) is 39.6 Å². The van der Waals surface area contributed by atoms with E-state index in [0.29, 0.717) is 16.8 Å². The van der Waals surface area contributed by atoms with Crippen LogP contribution in [0.1, 0.15) is 71.9 Å². The first-order chi connectivity index (χ1) is 14.1. The van der Waals surface area contributed by atoms with Gasteiger partial charge in [-0.05, 0) is 30.7 Å². The maximum atomic E-state index is 12.8. The smallest absolute Gasteiger partial charge is 0.253 e. The molecular weight excluding hydrogens is 362 g/mol. The van der Waals surface area contributed by atoms with Crippen LogP contribution in [0.15, 0.2) is 54.9 Å². The molecule has 0 spiro atoms. The summed E-state index contributed by atoms with van der Waals surface area (Å²) < 4.78 is 1.77. The van der Waals surface area contributed by atoms with E-state index in [-0.39, 0.29) is 11.7 Å². The van der Waals surface area contributed by atoms with Gasteiger partial charge in [-0.1, -0.05) is 57.2 Å². The van der Waals surface area contributed by atoms with E-state index in [0.717, 1.165) is 25.0 Å². The Balaban J connectivity index is 1.59. The quantitative estimate of drug-likeness (QED) is 0.361. The van der Waals surface area contributed by atoms with Gasteiger partial charge in [0.2, 0.25) is 5.78 Å². The zero-order valence-electron chi connectivity index (χ0n) is 17.3. The third-order valence-electron chi connectivity index (χ3n) is 5.24. The summed E-state index contributed by atoms with van der Waals surface area (Å²) in [6, 6.07) is 12.5. The molecule has 2 aromatic heterocycles. The van der Waals surface area contributed by atoms with Gasteiger partial charge in [-0.25, -0.2) is 4.98 Å². The SMILES string of the molecule is CCCCCCCCN(C)C(=O)c1ccc(C(=O)c2cnc3ccccn23)cc1. The van der Waals surface area contributed by atoms with E-state index in [2.05, 4.69) is 11.9 Å². The summed E-state index contributed by atoms with van der Waals surface area (Å²) in [6.07, 6.45) is 10.6. The molecule has 0 saturated heterocycles. The molecule has 0 saturated carbocycles. The number of hydrogen-bond acceptors (Lipinski definition) is 3. The first-order valence-corrected chi connectivity index (χ1v) is 10.4. The Morgan fingerprint density at radius 1 is 0.931 bits per heavy atom. The molecule has 0 atom stereocenters. The Hall–Kier alpha value is -2.95. The van der Waals surface area contributed by atoms with Gasteiger partial charge in [-0.15, -0.1) is 0 Å². The van der Waals surface area contributed by atoms with Gasteiger partial charge in [0.1, 0.15) is 11.3 Å². The van der Waals surface area contributed by atoms with Crippen LogP contribution < -0.4 is 0 Å².